The van der Waals surface area contributed by atoms with Crippen molar-refractivity contribution in [3.8, 4) is 0 Å². The number of thiazole rings is 1. The van der Waals surface area contributed by atoms with Crippen LogP contribution in [0.3, 0.4) is 0 Å². The number of carbonyl (C=O) groups excluding carboxylic acids is 1. The van der Waals surface area contributed by atoms with Gasteiger partial charge in [0.2, 0.25) is 0 Å². The summed E-state index contributed by atoms with van der Waals surface area (Å²) in [6, 6.07) is 2.91. The molecule has 35 heavy (non-hydrogen) atoms. The second-order valence-electron chi connectivity index (χ2n) is 7.91. The Morgan fingerprint density at radius 1 is 1.46 bits per heavy atom. The van der Waals surface area contributed by atoms with E-state index in [1.807, 2.05) is 0 Å². The van der Waals surface area contributed by atoms with Crippen LogP contribution in [0, 0.1) is 5.82 Å². The highest BCUT2D eigenvalue weighted by molar-refractivity contribution is 7.11. The van der Waals surface area contributed by atoms with E-state index in [1.165, 1.54) is 30.6 Å². The monoisotopic (exact) mass is 524 g/mol. The highest BCUT2D eigenvalue weighted by Crippen LogP contribution is 2.37. The molecule has 1 aromatic carbocycles. The average molecular weight is 525 g/mol. The minimum absolute atomic E-state index is 0.000777. The topological polar surface area (TPSA) is 123 Å². The van der Waals surface area contributed by atoms with Crippen LogP contribution in [-0.2, 0) is 19.0 Å². The van der Waals surface area contributed by atoms with Gasteiger partial charge in [0.05, 0.1) is 19.3 Å². The Morgan fingerprint density at radius 2 is 2.26 bits per heavy atom. The number of hydrogen-bond acceptors (Lipinski definition) is 10. The summed E-state index contributed by atoms with van der Waals surface area (Å²) in [5.41, 5.74) is -0.373. The number of morpholine rings is 1. The third-order valence-electron chi connectivity index (χ3n) is 5.62. The summed E-state index contributed by atoms with van der Waals surface area (Å²) in [7, 11) is 1.24. The second-order valence-corrected chi connectivity index (χ2v) is 9.21. The summed E-state index contributed by atoms with van der Waals surface area (Å²) in [6.45, 7) is 2.32. The molecule has 2 aliphatic rings. The zero-order valence-electron chi connectivity index (χ0n) is 18.8. The Labute approximate surface area is 209 Å². The molecule has 4 rings (SSSR count). The van der Waals surface area contributed by atoms with E-state index in [0.717, 1.165) is 6.07 Å². The van der Waals surface area contributed by atoms with Crippen LogP contribution in [0.2, 0.25) is 5.02 Å². The van der Waals surface area contributed by atoms with Crippen molar-refractivity contribution in [3.63, 3.8) is 0 Å². The van der Waals surface area contributed by atoms with E-state index in [0.29, 0.717) is 35.3 Å². The van der Waals surface area contributed by atoms with Crippen LogP contribution in [0.25, 0.3) is 0 Å². The van der Waals surface area contributed by atoms with E-state index in [1.54, 1.807) is 23.4 Å². The number of aliphatic imine (C=N–C) groups is 1. The van der Waals surface area contributed by atoms with Crippen LogP contribution in [0.4, 0.5) is 9.18 Å². The number of nitrogens with zero attached hydrogens (tertiary/aromatic N) is 3. The lowest BCUT2D eigenvalue weighted by atomic mass is 9.95. The molecule has 13 heteroatoms. The van der Waals surface area contributed by atoms with E-state index < -0.39 is 29.7 Å². The van der Waals surface area contributed by atoms with E-state index >= 15 is 0 Å². The van der Waals surface area contributed by atoms with Crippen molar-refractivity contribution in [1.82, 2.24) is 15.2 Å². The van der Waals surface area contributed by atoms with Gasteiger partial charge in [-0.05, 0) is 19.1 Å². The summed E-state index contributed by atoms with van der Waals surface area (Å²) in [5, 5.41) is 14.9. The van der Waals surface area contributed by atoms with Crippen LogP contribution in [0.1, 0.15) is 23.5 Å². The third-order valence-corrected chi connectivity index (χ3v) is 6.73. The highest BCUT2D eigenvalue weighted by atomic mass is 35.5. The number of benzene rings is 1. The molecule has 1 saturated heterocycles. The lowest BCUT2D eigenvalue weighted by Gasteiger charge is -2.43. The van der Waals surface area contributed by atoms with Gasteiger partial charge in [-0.15, -0.1) is 11.3 Å². The Kier molecular flexibility index (Phi) is 7.36. The lowest BCUT2D eigenvalue weighted by molar-refractivity contribution is -0.183. The van der Waals surface area contributed by atoms with Crippen molar-refractivity contribution < 1.29 is 33.3 Å². The number of methoxy groups -OCH3 is 1. The normalized spacial score (nSPS) is 22.9. The van der Waals surface area contributed by atoms with E-state index in [4.69, 9.17) is 25.8 Å². The average Bonchev–Trinajstić information content (AvgIpc) is 3.34. The lowest BCUT2D eigenvalue weighted by Crippen LogP contribution is -2.58. The van der Waals surface area contributed by atoms with Gasteiger partial charge in [0.25, 0.3) is 0 Å². The van der Waals surface area contributed by atoms with Crippen molar-refractivity contribution in [2.45, 2.75) is 18.7 Å². The number of rotatable bonds is 6. The molecule has 0 unspecified atom stereocenters. The summed E-state index contributed by atoms with van der Waals surface area (Å²) in [6.07, 6.45) is 0.158. The van der Waals surface area contributed by atoms with Gasteiger partial charge < -0.3 is 24.6 Å². The van der Waals surface area contributed by atoms with Gasteiger partial charge >= 0.3 is 12.1 Å². The number of amidine groups is 1. The Hall–Kier alpha value is -3.06. The molecule has 1 aromatic heterocycles. The number of carboxylic acid groups (broad SMARTS) is 1. The smallest absolute Gasteiger partial charge is 0.466 e. The van der Waals surface area contributed by atoms with Crippen LogP contribution in [0.15, 0.2) is 46.0 Å². The zero-order valence-corrected chi connectivity index (χ0v) is 20.4. The van der Waals surface area contributed by atoms with Gasteiger partial charge in [0.15, 0.2) is 16.6 Å². The molecule has 2 N–H and O–H groups in total. The first-order valence-electron chi connectivity index (χ1n) is 10.5. The Morgan fingerprint density at radius 3 is 2.91 bits per heavy atom. The van der Waals surface area contributed by atoms with Gasteiger partial charge in [-0.1, -0.05) is 17.7 Å². The molecule has 10 nitrogen and oxygen atoms in total. The fraction of sp³-hybridized carbons (Fsp3) is 0.364. The molecule has 0 bridgehead atoms. The fourth-order valence-electron chi connectivity index (χ4n) is 3.95. The quantitative estimate of drug-likeness (QED) is 0.548. The maximum atomic E-state index is 13.8. The molecular formula is C22H22ClFN4O6S. The predicted molar refractivity (Wildman–Crippen MR) is 125 cm³/mol. The fourth-order valence-corrected chi connectivity index (χ4v) is 4.81. The first-order valence-corrected chi connectivity index (χ1v) is 11.7. The molecule has 2 aliphatic heterocycles. The molecule has 0 spiro atoms. The SMILES string of the molecule is COC(=O)C1=C(CN2CCOC[C@]2(C)OC(=O)O)NC(c2nccs2)=N[C@H]1c1ccc(F)cc1Cl. The molecule has 2 atom stereocenters. The van der Waals surface area contributed by atoms with Crippen molar-refractivity contribution in [2.24, 2.45) is 4.99 Å². The number of halogens is 2. The molecule has 3 heterocycles. The molecule has 1 fully saturated rings. The van der Waals surface area contributed by atoms with Gasteiger partial charge in [-0.3, -0.25) is 9.89 Å². The number of hydrogen-bond donors (Lipinski definition) is 2. The number of carbonyl (C=O) groups is 2. The third kappa shape index (κ3) is 5.30. The maximum Gasteiger partial charge on any atom is 0.507 e. The Balaban J connectivity index is 1.83. The first-order chi connectivity index (χ1) is 16.7. The van der Waals surface area contributed by atoms with Crippen molar-refractivity contribution in [3.05, 3.63) is 62.5 Å². The van der Waals surface area contributed by atoms with Crippen LogP contribution in [-0.4, -0.2) is 72.1 Å². The minimum Gasteiger partial charge on any atom is -0.466 e. The summed E-state index contributed by atoms with van der Waals surface area (Å²) < 4.78 is 29.4. The molecule has 0 radical (unpaired) electrons. The molecule has 0 aliphatic carbocycles. The zero-order chi connectivity index (χ0) is 25.2. The van der Waals surface area contributed by atoms with Crippen molar-refractivity contribution >= 4 is 40.9 Å². The number of nitrogens with one attached hydrogen (secondary N) is 1. The highest BCUT2D eigenvalue weighted by Gasteiger charge is 2.42. The number of esters is 1. The predicted octanol–water partition coefficient (Wildman–Crippen LogP) is 3.20. The van der Waals surface area contributed by atoms with Crippen LogP contribution in [0.5, 0.6) is 0 Å². The molecule has 2 aromatic rings. The molecule has 0 amide bonds. The van der Waals surface area contributed by atoms with Crippen molar-refractivity contribution in [2.75, 3.05) is 33.4 Å². The summed E-state index contributed by atoms with van der Waals surface area (Å²) in [5.74, 6) is -0.827. The molecular weight excluding hydrogens is 503 g/mol. The number of aromatic nitrogens is 1. The van der Waals surface area contributed by atoms with Gasteiger partial charge in [-0.2, -0.15) is 0 Å². The van der Waals surface area contributed by atoms with Gasteiger partial charge in [0, 0.05) is 40.9 Å². The van der Waals surface area contributed by atoms with E-state index in [-0.39, 0.29) is 23.7 Å². The maximum absolute atomic E-state index is 13.8. The molecule has 0 saturated carbocycles. The van der Waals surface area contributed by atoms with Crippen LogP contribution < -0.4 is 5.32 Å². The standard InChI is InChI=1S/C22H22ClFN4O6S/c1-22(34-21(30)31)11-33-7-6-28(22)10-15-16(20(29)32-2)17(13-4-3-12(24)9-14(13)23)27-18(26-15)19-25-5-8-35-19/h3-5,8-9,17H,6-7,10-11H2,1-2H3,(H,26,27)(H,30,31)/t17-,22-/m0/s1. The number of ether oxygens (including phenoxy) is 3. The van der Waals surface area contributed by atoms with Crippen LogP contribution >= 0.6 is 22.9 Å². The molecule has 186 valence electrons. The summed E-state index contributed by atoms with van der Waals surface area (Å²) in [4.78, 5) is 35.1. The van der Waals surface area contributed by atoms with E-state index in [9.17, 15) is 19.1 Å². The van der Waals surface area contributed by atoms with Crippen molar-refractivity contribution in [1.29, 1.82) is 0 Å². The van der Waals surface area contributed by atoms with Gasteiger partial charge in [0.1, 0.15) is 18.5 Å². The summed E-state index contributed by atoms with van der Waals surface area (Å²) >= 11 is 7.69. The minimum atomic E-state index is -1.46. The second kappa shape index (κ2) is 10.3. The van der Waals surface area contributed by atoms with E-state index in [2.05, 4.69) is 15.3 Å². The largest absolute Gasteiger partial charge is 0.507 e. The van der Waals surface area contributed by atoms with Gasteiger partial charge in [-0.25, -0.2) is 19.0 Å². The first kappa shape index (κ1) is 25.0. The Bertz CT molecular complexity index is 1190.